The molecule has 21 heavy (non-hydrogen) atoms. The molecule has 7 nitrogen and oxygen atoms in total. The van der Waals surface area contributed by atoms with Crippen LogP contribution in [0, 0.1) is 11.3 Å². The molecule has 0 aliphatic rings. The SMILES string of the molecule is CN(CCC#N)C(=O)COC(=O)c1n[nH]c2ccccc12. The van der Waals surface area contributed by atoms with Crippen LogP contribution in [0.15, 0.2) is 24.3 Å². The van der Waals surface area contributed by atoms with Gasteiger partial charge >= 0.3 is 5.97 Å². The molecule has 0 aliphatic heterocycles. The molecular formula is C14H14N4O3. The van der Waals surface area contributed by atoms with Crippen LogP contribution in [-0.4, -0.2) is 47.2 Å². The first-order chi connectivity index (χ1) is 10.1. The lowest BCUT2D eigenvalue weighted by atomic mass is 10.2. The number of hydrogen-bond acceptors (Lipinski definition) is 5. The number of aromatic nitrogens is 2. The van der Waals surface area contributed by atoms with Crippen LogP contribution < -0.4 is 0 Å². The van der Waals surface area contributed by atoms with Gasteiger partial charge in [-0.15, -0.1) is 0 Å². The minimum absolute atomic E-state index is 0.151. The fraction of sp³-hybridized carbons (Fsp3) is 0.286. The van der Waals surface area contributed by atoms with Crippen LogP contribution in [0.4, 0.5) is 0 Å². The molecule has 0 spiro atoms. The van der Waals surface area contributed by atoms with E-state index in [0.717, 1.165) is 5.52 Å². The van der Waals surface area contributed by atoms with E-state index in [4.69, 9.17) is 10.00 Å². The van der Waals surface area contributed by atoms with E-state index in [1.807, 2.05) is 12.1 Å². The number of likely N-dealkylation sites (N-methyl/N-ethyl adjacent to an activating group) is 1. The Bertz CT molecular complexity index is 702. The Morgan fingerprint density at radius 3 is 2.95 bits per heavy atom. The molecule has 0 saturated heterocycles. The molecule has 0 atom stereocenters. The van der Waals surface area contributed by atoms with Crippen LogP contribution in [0.25, 0.3) is 10.9 Å². The number of aromatic amines is 1. The third-order valence-corrected chi connectivity index (χ3v) is 2.98. The normalized spacial score (nSPS) is 10.1. The van der Waals surface area contributed by atoms with Gasteiger partial charge in [-0.2, -0.15) is 10.4 Å². The molecule has 1 heterocycles. The van der Waals surface area contributed by atoms with Gasteiger partial charge in [0, 0.05) is 19.0 Å². The molecule has 7 heteroatoms. The fourth-order valence-corrected chi connectivity index (χ4v) is 1.77. The number of nitriles is 1. The van der Waals surface area contributed by atoms with Crippen LogP contribution in [0.1, 0.15) is 16.9 Å². The number of benzene rings is 1. The van der Waals surface area contributed by atoms with E-state index in [1.165, 1.54) is 4.90 Å². The van der Waals surface area contributed by atoms with Crippen molar-refractivity contribution < 1.29 is 14.3 Å². The van der Waals surface area contributed by atoms with Crippen LogP contribution in [-0.2, 0) is 9.53 Å². The number of ether oxygens (including phenoxy) is 1. The molecule has 0 unspecified atom stereocenters. The predicted octanol–water partition coefficient (Wildman–Crippen LogP) is 1.09. The van der Waals surface area contributed by atoms with Gasteiger partial charge in [0.1, 0.15) is 0 Å². The second-order valence-corrected chi connectivity index (χ2v) is 4.42. The van der Waals surface area contributed by atoms with E-state index < -0.39 is 5.97 Å². The quantitative estimate of drug-likeness (QED) is 0.829. The van der Waals surface area contributed by atoms with Gasteiger partial charge in [0.2, 0.25) is 0 Å². The van der Waals surface area contributed by atoms with Crippen molar-refractivity contribution in [3.8, 4) is 6.07 Å². The van der Waals surface area contributed by atoms with E-state index in [2.05, 4.69) is 10.2 Å². The number of hydrogen-bond donors (Lipinski definition) is 1. The maximum Gasteiger partial charge on any atom is 0.359 e. The number of carbonyl (C=O) groups is 2. The van der Waals surface area contributed by atoms with Crippen LogP contribution in [0.5, 0.6) is 0 Å². The Kier molecular flexibility index (Phi) is 4.51. The first-order valence-corrected chi connectivity index (χ1v) is 6.34. The molecule has 0 radical (unpaired) electrons. The monoisotopic (exact) mass is 286 g/mol. The van der Waals surface area contributed by atoms with E-state index in [-0.39, 0.29) is 24.6 Å². The van der Waals surface area contributed by atoms with Crippen molar-refractivity contribution in [3.63, 3.8) is 0 Å². The average Bonchev–Trinajstić information content (AvgIpc) is 2.93. The molecule has 108 valence electrons. The summed E-state index contributed by atoms with van der Waals surface area (Å²) < 4.78 is 4.96. The maximum atomic E-state index is 11.9. The van der Waals surface area contributed by atoms with E-state index in [1.54, 1.807) is 25.2 Å². The summed E-state index contributed by atoms with van der Waals surface area (Å²) >= 11 is 0. The van der Waals surface area contributed by atoms with Crippen molar-refractivity contribution in [2.24, 2.45) is 0 Å². The van der Waals surface area contributed by atoms with E-state index >= 15 is 0 Å². The number of carbonyl (C=O) groups excluding carboxylic acids is 2. The molecule has 0 bridgehead atoms. The number of amides is 1. The number of para-hydroxylation sites is 1. The third kappa shape index (κ3) is 3.36. The van der Waals surface area contributed by atoms with Crippen LogP contribution in [0.3, 0.4) is 0 Å². The van der Waals surface area contributed by atoms with Crippen molar-refractivity contribution >= 4 is 22.8 Å². The van der Waals surface area contributed by atoms with Gasteiger partial charge in [-0.05, 0) is 6.07 Å². The Balaban J connectivity index is 1.96. The first-order valence-electron chi connectivity index (χ1n) is 6.34. The summed E-state index contributed by atoms with van der Waals surface area (Å²) in [6, 6.07) is 9.09. The Labute approximate surface area is 121 Å². The summed E-state index contributed by atoms with van der Waals surface area (Å²) in [7, 11) is 1.55. The number of nitrogens with one attached hydrogen (secondary N) is 1. The van der Waals surface area contributed by atoms with E-state index in [0.29, 0.717) is 11.9 Å². The molecule has 1 aromatic heterocycles. The maximum absolute atomic E-state index is 11.9. The molecule has 1 N–H and O–H groups in total. The van der Waals surface area contributed by atoms with Gasteiger partial charge in [0.25, 0.3) is 5.91 Å². The zero-order valence-electron chi connectivity index (χ0n) is 11.5. The lowest BCUT2D eigenvalue weighted by Crippen LogP contribution is -2.32. The smallest absolute Gasteiger partial charge is 0.359 e. The molecule has 2 aromatic rings. The van der Waals surface area contributed by atoms with E-state index in [9.17, 15) is 9.59 Å². The third-order valence-electron chi connectivity index (χ3n) is 2.98. The van der Waals surface area contributed by atoms with Crippen LogP contribution in [0.2, 0.25) is 0 Å². The second-order valence-electron chi connectivity index (χ2n) is 4.42. The van der Waals surface area contributed by atoms with Gasteiger partial charge in [0.15, 0.2) is 12.3 Å². The molecule has 0 fully saturated rings. The standard InChI is InChI=1S/C14H14N4O3/c1-18(8-4-7-15)12(19)9-21-14(20)13-10-5-2-3-6-11(10)16-17-13/h2-3,5-6H,4,8-9H2,1H3,(H,16,17). The number of fused-ring (bicyclic) bond motifs is 1. The summed E-state index contributed by atoms with van der Waals surface area (Å²) in [6.45, 7) is -0.0693. The molecular weight excluding hydrogens is 272 g/mol. The number of rotatable bonds is 5. The minimum atomic E-state index is -0.658. The van der Waals surface area contributed by atoms with Crippen molar-refractivity contribution in [1.82, 2.24) is 15.1 Å². The van der Waals surface area contributed by atoms with Crippen LogP contribution >= 0.6 is 0 Å². The topological polar surface area (TPSA) is 99.1 Å². The highest BCUT2D eigenvalue weighted by Gasteiger charge is 2.17. The van der Waals surface area contributed by atoms with Gasteiger partial charge in [-0.3, -0.25) is 9.89 Å². The van der Waals surface area contributed by atoms with Gasteiger partial charge in [-0.25, -0.2) is 4.79 Å². The highest BCUT2D eigenvalue weighted by molar-refractivity contribution is 6.02. The first kappa shape index (κ1) is 14.5. The summed E-state index contributed by atoms with van der Waals surface area (Å²) in [6.07, 6.45) is 0.236. The molecule has 0 saturated carbocycles. The second kappa shape index (κ2) is 6.52. The van der Waals surface area contributed by atoms with Gasteiger partial charge in [-0.1, -0.05) is 18.2 Å². The summed E-state index contributed by atoms with van der Waals surface area (Å²) in [5.41, 5.74) is 0.875. The van der Waals surface area contributed by atoms with Crippen molar-refractivity contribution in [1.29, 1.82) is 5.26 Å². The Hall–Kier alpha value is -2.88. The molecule has 0 aliphatic carbocycles. The highest BCUT2D eigenvalue weighted by Crippen LogP contribution is 2.15. The highest BCUT2D eigenvalue weighted by atomic mass is 16.5. The summed E-state index contributed by atoms with van der Waals surface area (Å²) in [5.74, 6) is -1.02. The lowest BCUT2D eigenvalue weighted by molar-refractivity contribution is -0.133. The average molecular weight is 286 g/mol. The number of nitrogens with zero attached hydrogens (tertiary/aromatic N) is 3. The van der Waals surface area contributed by atoms with Crippen molar-refractivity contribution in [2.75, 3.05) is 20.2 Å². The summed E-state index contributed by atoms with van der Waals surface area (Å²) in [4.78, 5) is 25.0. The largest absolute Gasteiger partial charge is 0.451 e. The Morgan fingerprint density at radius 2 is 2.19 bits per heavy atom. The number of esters is 1. The zero-order valence-corrected chi connectivity index (χ0v) is 11.5. The van der Waals surface area contributed by atoms with Crippen molar-refractivity contribution in [2.45, 2.75) is 6.42 Å². The predicted molar refractivity (Wildman–Crippen MR) is 74.2 cm³/mol. The lowest BCUT2D eigenvalue weighted by Gasteiger charge is -2.14. The minimum Gasteiger partial charge on any atom is -0.451 e. The number of H-pyrrole nitrogens is 1. The Morgan fingerprint density at radius 1 is 1.43 bits per heavy atom. The van der Waals surface area contributed by atoms with Gasteiger partial charge in [0.05, 0.1) is 18.0 Å². The zero-order chi connectivity index (χ0) is 15.2. The molecule has 1 amide bonds. The van der Waals surface area contributed by atoms with Crippen molar-refractivity contribution in [3.05, 3.63) is 30.0 Å². The molecule has 1 aromatic carbocycles. The molecule has 2 rings (SSSR count). The summed E-state index contributed by atoms with van der Waals surface area (Å²) in [5, 5.41) is 15.7. The van der Waals surface area contributed by atoms with Gasteiger partial charge < -0.3 is 9.64 Å². The fourth-order valence-electron chi connectivity index (χ4n) is 1.77.